The Kier molecular flexibility index (Phi) is 4.89. The molecule has 2 aromatic heterocycles. The maximum atomic E-state index is 13.4. The molecule has 0 bridgehead atoms. The molecule has 0 unspecified atom stereocenters. The summed E-state index contributed by atoms with van der Waals surface area (Å²) in [6.45, 7) is 3.36. The van der Waals surface area contributed by atoms with Crippen molar-refractivity contribution in [2.75, 3.05) is 32.1 Å². The van der Waals surface area contributed by atoms with Gasteiger partial charge in [0.1, 0.15) is 17.0 Å². The van der Waals surface area contributed by atoms with Gasteiger partial charge in [-0.1, -0.05) is 6.07 Å². The summed E-state index contributed by atoms with van der Waals surface area (Å²) in [5.74, 6) is -1.01. The smallest absolute Gasteiger partial charge is 0.333 e. The van der Waals surface area contributed by atoms with E-state index in [2.05, 4.69) is 0 Å². The SMILES string of the molecule is Cc1cccn2c(=O)c(C=C3C(=O)N(C)C(=O)N(C)C3=O)c(N3CCCCC3)nc12. The van der Waals surface area contributed by atoms with Crippen LogP contribution in [-0.4, -0.2) is 64.2 Å². The number of amides is 4. The van der Waals surface area contributed by atoms with Gasteiger partial charge in [0.2, 0.25) is 0 Å². The molecule has 0 aromatic carbocycles. The average Bonchev–Trinajstić information content (AvgIpc) is 2.76. The standard InChI is InChI=1S/C21H23N5O4/c1-13-8-7-11-26-16(13)22-17(25-9-5-4-6-10-25)14(20(26)29)12-15-18(27)23(2)21(30)24(3)19(15)28/h7-8,11-12H,4-6,9-10H2,1-3H3. The van der Waals surface area contributed by atoms with E-state index in [1.54, 1.807) is 12.3 Å². The number of fused-ring (bicyclic) bond motifs is 1. The van der Waals surface area contributed by atoms with Gasteiger partial charge in [0, 0.05) is 33.4 Å². The minimum absolute atomic E-state index is 0.174. The van der Waals surface area contributed by atoms with Crippen molar-refractivity contribution < 1.29 is 14.4 Å². The quantitative estimate of drug-likeness (QED) is 0.550. The Bertz CT molecular complexity index is 1130. The maximum Gasteiger partial charge on any atom is 0.333 e. The fourth-order valence-electron chi connectivity index (χ4n) is 3.89. The van der Waals surface area contributed by atoms with Gasteiger partial charge in [-0.15, -0.1) is 0 Å². The highest BCUT2D eigenvalue weighted by molar-refractivity contribution is 6.30. The number of barbiturate groups is 1. The van der Waals surface area contributed by atoms with E-state index in [0.29, 0.717) is 11.5 Å². The number of urea groups is 1. The highest BCUT2D eigenvalue weighted by Gasteiger charge is 2.38. The molecule has 156 valence electrons. The minimum Gasteiger partial charge on any atom is -0.356 e. The van der Waals surface area contributed by atoms with E-state index in [1.165, 1.54) is 24.6 Å². The Morgan fingerprint density at radius 3 is 2.23 bits per heavy atom. The van der Waals surface area contributed by atoms with Crippen molar-refractivity contribution in [3.8, 4) is 0 Å². The molecular weight excluding hydrogens is 386 g/mol. The second-order valence-electron chi connectivity index (χ2n) is 7.66. The molecule has 0 atom stereocenters. The van der Waals surface area contributed by atoms with Crippen LogP contribution >= 0.6 is 0 Å². The Labute approximate surface area is 173 Å². The van der Waals surface area contributed by atoms with Crippen LogP contribution in [0.1, 0.15) is 30.4 Å². The zero-order valence-electron chi connectivity index (χ0n) is 17.2. The summed E-state index contributed by atoms with van der Waals surface area (Å²) in [6.07, 6.45) is 5.96. The molecule has 4 rings (SSSR count). The lowest BCUT2D eigenvalue weighted by molar-refractivity contribution is -0.134. The Morgan fingerprint density at radius 2 is 1.60 bits per heavy atom. The number of aryl methyl sites for hydroxylation is 1. The number of hydrogen-bond acceptors (Lipinski definition) is 6. The molecule has 0 radical (unpaired) electrons. The number of aromatic nitrogens is 2. The van der Waals surface area contributed by atoms with Crippen molar-refractivity contribution in [3.63, 3.8) is 0 Å². The van der Waals surface area contributed by atoms with E-state index in [-0.39, 0.29) is 16.7 Å². The third kappa shape index (κ3) is 3.06. The molecule has 0 spiro atoms. The predicted octanol–water partition coefficient (Wildman–Crippen LogP) is 1.43. The van der Waals surface area contributed by atoms with Crippen LogP contribution in [-0.2, 0) is 9.59 Å². The second kappa shape index (κ2) is 7.40. The van der Waals surface area contributed by atoms with Gasteiger partial charge in [0.05, 0.1) is 5.56 Å². The van der Waals surface area contributed by atoms with Gasteiger partial charge >= 0.3 is 6.03 Å². The molecule has 2 aromatic rings. The fourth-order valence-corrected chi connectivity index (χ4v) is 3.89. The molecule has 0 N–H and O–H groups in total. The molecule has 30 heavy (non-hydrogen) atoms. The van der Waals surface area contributed by atoms with E-state index in [9.17, 15) is 19.2 Å². The first kappa shape index (κ1) is 19.8. The third-order valence-corrected chi connectivity index (χ3v) is 5.65. The van der Waals surface area contributed by atoms with Crippen molar-refractivity contribution in [1.29, 1.82) is 0 Å². The van der Waals surface area contributed by atoms with Crippen LogP contribution in [0.25, 0.3) is 11.7 Å². The predicted molar refractivity (Wildman–Crippen MR) is 111 cm³/mol. The monoisotopic (exact) mass is 409 g/mol. The summed E-state index contributed by atoms with van der Waals surface area (Å²) in [6, 6.07) is 2.92. The number of likely N-dealkylation sites (N-methyl/N-ethyl adjacent to an activating group) is 2. The third-order valence-electron chi connectivity index (χ3n) is 5.65. The van der Waals surface area contributed by atoms with E-state index in [4.69, 9.17) is 4.98 Å². The first-order chi connectivity index (χ1) is 14.3. The summed E-state index contributed by atoms with van der Waals surface area (Å²) in [7, 11) is 2.61. The number of nitrogens with zero attached hydrogens (tertiary/aromatic N) is 5. The van der Waals surface area contributed by atoms with E-state index in [0.717, 1.165) is 47.7 Å². The van der Waals surface area contributed by atoms with Crippen LogP contribution in [0, 0.1) is 6.92 Å². The molecule has 4 heterocycles. The van der Waals surface area contributed by atoms with Crippen molar-refractivity contribution in [3.05, 3.63) is 45.4 Å². The first-order valence-corrected chi connectivity index (χ1v) is 9.90. The lowest BCUT2D eigenvalue weighted by Gasteiger charge is -2.30. The van der Waals surface area contributed by atoms with Crippen molar-refractivity contribution in [1.82, 2.24) is 19.2 Å². The van der Waals surface area contributed by atoms with Gasteiger partial charge in [0.15, 0.2) is 0 Å². The van der Waals surface area contributed by atoms with Crippen molar-refractivity contribution >= 4 is 35.4 Å². The summed E-state index contributed by atoms with van der Waals surface area (Å²) >= 11 is 0. The number of rotatable bonds is 2. The number of pyridine rings is 1. The van der Waals surface area contributed by atoms with Gasteiger partial charge in [0.25, 0.3) is 17.4 Å². The van der Waals surface area contributed by atoms with Crippen LogP contribution in [0.4, 0.5) is 10.6 Å². The number of carbonyl (C=O) groups excluding carboxylic acids is 3. The molecule has 0 saturated carbocycles. The normalized spacial score (nSPS) is 17.9. The summed E-state index contributed by atoms with van der Waals surface area (Å²) in [4.78, 5) is 59.3. The molecule has 9 heteroatoms. The van der Waals surface area contributed by atoms with Gasteiger partial charge in [-0.2, -0.15) is 0 Å². The van der Waals surface area contributed by atoms with Crippen molar-refractivity contribution in [2.45, 2.75) is 26.2 Å². The average molecular weight is 409 g/mol. The van der Waals surface area contributed by atoms with Gasteiger partial charge < -0.3 is 4.90 Å². The Balaban J connectivity index is 1.97. The summed E-state index contributed by atoms with van der Waals surface area (Å²) < 4.78 is 1.42. The Hall–Kier alpha value is -3.49. The van der Waals surface area contributed by atoms with Crippen LogP contribution in [0.2, 0.25) is 0 Å². The highest BCUT2D eigenvalue weighted by Crippen LogP contribution is 2.25. The lowest BCUT2D eigenvalue weighted by Crippen LogP contribution is -2.53. The molecule has 2 fully saturated rings. The van der Waals surface area contributed by atoms with Crippen LogP contribution in [0.5, 0.6) is 0 Å². The second-order valence-corrected chi connectivity index (χ2v) is 7.66. The van der Waals surface area contributed by atoms with Crippen LogP contribution in [0.3, 0.4) is 0 Å². The molecule has 2 aliphatic heterocycles. The number of carbonyl (C=O) groups is 3. The van der Waals surface area contributed by atoms with Gasteiger partial charge in [-0.25, -0.2) is 9.78 Å². The van der Waals surface area contributed by atoms with Crippen LogP contribution in [0.15, 0.2) is 28.7 Å². The maximum absolute atomic E-state index is 13.4. The molecule has 4 amide bonds. The lowest BCUT2D eigenvalue weighted by atomic mass is 10.1. The molecule has 9 nitrogen and oxygen atoms in total. The molecule has 2 aliphatic rings. The largest absolute Gasteiger partial charge is 0.356 e. The summed E-state index contributed by atoms with van der Waals surface area (Å²) in [5.41, 5.74) is 0.967. The summed E-state index contributed by atoms with van der Waals surface area (Å²) in [5, 5.41) is 0. The number of hydrogen-bond donors (Lipinski definition) is 0. The molecule has 0 aliphatic carbocycles. The highest BCUT2D eigenvalue weighted by atomic mass is 16.2. The zero-order chi connectivity index (χ0) is 21.6. The van der Waals surface area contributed by atoms with Gasteiger partial charge in [-0.3, -0.25) is 28.6 Å². The fraction of sp³-hybridized carbons (Fsp3) is 0.381. The minimum atomic E-state index is -0.735. The van der Waals surface area contributed by atoms with Crippen molar-refractivity contribution in [2.24, 2.45) is 0 Å². The van der Waals surface area contributed by atoms with Gasteiger partial charge in [-0.05, 0) is 43.9 Å². The zero-order valence-corrected chi connectivity index (χ0v) is 17.2. The number of anilines is 1. The Morgan fingerprint density at radius 1 is 0.967 bits per heavy atom. The number of piperidine rings is 1. The van der Waals surface area contributed by atoms with E-state index in [1.807, 2.05) is 17.9 Å². The first-order valence-electron chi connectivity index (χ1n) is 9.90. The van der Waals surface area contributed by atoms with Crippen LogP contribution < -0.4 is 10.5 Å². The number of imide groups is 2. The molecular formula is C21H23N5O4. The van der Waals surface area contributed by atoms with E-state index < -0.39 is 17.8 Å². The topological polar surface area (TPSA) is 95.3 Å². The molecule has 2 saturated heterocycles. The van der Waals surface area contributed by atoms with E-state index >= 15 is 0 Å².